The summed E-state index contributed by atoms with van der Waals surface area (Å²) in [5.74, 6) is 1.12. The van der Waals surface area contributed by atoms with Crippen LogP contribution >= 0.6 is 0 Å². The number of hydrogen-bond acceptors (Lipinski definition) is 5. The van der Waals surface area contributed by atoms with Crippen molar-refractivity contribution >= 4 is 27.5 Å². The molecular weight excluding hydrogens is 785 g/mol. The van der Waals surface area contributed by atoms with Crippen molar-refractivity contribution in [1.29, 1.82) is 0 Å². The van der Waals surface area contributed by atoms with E-state index in [1.807, 2.05) is 40.0 Å². The molecule has 263 valence electrons. The summed E-state index contributed by atoms with van der Waals surface area (Å²) in [4.78, 5) is 20.9. The molecule has 0 aliphatic carbocycles. The molecule has 5 aromatic rings. The summed E-state index contributed by atoms with van der Waals surface area (Å²) in [5.41, 5.74) is 7.11. The van der Waals surface area contributed by atoms with Gasteiger partial charge in [-0.3, -0.25) is 9.78 Å². The predicted octanol–water partition coefficient (Wildman–Crippen LogP) is 11.9. The van der Waals surface area contributed by atoms with Gasteiger partial charge in [0.1, 0.15) is 11.9 Å². The second-order valence-corrected chi connectivity index (χ2v) is 14.2. The van der Waals surface area contributed by atoms with Gasteiger partial charge in [-0.1, -0.05) is 104 Å². The van der Waals surface area contributed by atoms with Crippen LogP contribution in [0, 0.1) is 23.8 Å². The summed E-state index contributed by atoms with van der Waals surface area (Å²) in [6.45, 7) is 19.3. The fourth-order valence-electron chi connectivity index (χ4n) is 6.33. The zero-order chi connectivity index (χ0) is 35.0. The van der Waals surface area contributed by atoms with Crippen molar-refractivity contribution < 1.29 is 34.4 Å². The Bertz CT molecular complexity index is 1860. The number of para-hydroxylation sites is 1. The molecule has 5 rings (SSSR count). The molecule has 5 nitrogen and oxygen atoms in total. The van der Waals surface area contributed by atoms with Gasteiger partial charge in [0.15, 0.2) is 5.78 Å². The van der Waals surface area contributed by atoms with E-state index in [2.05, 4.69) is 99.2 Å². The molecule has 0 unspecified atom stereocenters. The van der Waals surface area contributed by atoms with Crippen molar-refractivity contribution in [3.63, 3.8) is 0 Å². The van der Waals surface area contributed by atoms with Gasteiger partial charge in [-0.05, 0) is 61.1 Å². The molecule has 3 aromatic carbocycles. The standard InChI is InChI=1S/C30H29N2O.C13H24O2.Ir/c1-19(2)13-22-17-33-29-24(22)11-8-12-25(29)28-16-27(31-18-32-28)21-14-20-9-6-7-10-23(20)26(15-21)30(3,4)5;1-5-10(6-2)12(14)9-13(15)11(7-3)8-4;/h6-12,15-19H,13H2,1-5H3;9-11,14H,5-8H2,1-4H3;/q-1;;/b;12-9-;. The molecule has 0 aliphatic rings. The number of fused-ring (bicyclic) bond motifs is 2. The van der Waals surface area contributed by atoms with E-state index in [9.17, 15) is 9.90 Å². The van der Waals surface area contributed by atoms with Crippen molar-refractivity contribution in [3.8, 4) is 22.5 Å². The van der Waals surface area contributed by atoms with E-state index in [1.54, 1.807) is 6.33 Å². The monoisotopic (exact) mass is 838 g/mol. The van der Waals surface area contributed by atoms with E-state index < -0.39 is 0 Å². The molecule has 0 fully saturated rings. The molecule has 0 atom stereocenters. The molecular formula is C43H53IrN2O3-. The summed E-state index contributed by atoms with van der Waals surface area (Å²) in [6.07, 6.45) is 9.43. The maximum absolute atomic E-state index is 11.7. The number of aliphatic hydroxyl groups excluding tert-OH is 1. The number of furan rings is 1. The molecule has 49 heavy (non-hydrogen) atoms. The maximum Gasteiger partial charge on any atom is 0.162 e. The first-order valence-corrected chi connectivity index (χ1v) is 17.6. The molecule has 0 spiro atoms. The smallest absolute Gasteiger partial charge is 0.162 e. The van der Waals surface area contributed by atoms with Crippen LogP contribution in [0.3, 0.4) is 0 Å². The van der Waals surface area contributed by atoms with Gasteiger partial charge in [0.05, 0.1) is 17.7 Å². The second kappa shape index (κ2) is 17.9. The van der Waals surface area contributed by atoms with Crippen molar-refractivity contribution in [2.24, 2.45) is 17.8 Å². The van der Waals surface area contributed by atoms with Crippen LogP contribution in [0.25, 0.3) is 44.3 Å². The van der Waals surface area contributed by atoms with Crippen LogP contribution in [0.4, 0.5) is 0 Å². The Balaban J connectivity index is 0.000000347. The van der Waals surface area contributed by atoms with E-state index in [0.717, 1.165) is 71.0 Å². The average Bonchev–Trinajstić information content (AvgIpc) is 3.47. The summed E-state index contributed by atoms with van der Waals surface area (Å²) < 4.78 is 6.03. The van der Waals surface area contributed by atoms with Crippen LogP contribution in [0.5, 0.6) is 0 Å². The van der Waals surface area contributed by atoms with Gasteiger partial charge in [0.25, 0.3) is 0 Å². The Hall–Kier alpha value is -3.60. The van der Waals surface area contributed by atoms with E-state index in [-0.39, 0.29) is 48.9 Å². The second-order valence-electron chi connectivity index (χ2n) is 14.2. The number of carbonyl (C=O) groups excluding carboxylic acids is 1. The van der Waals surface area contributed by atoms with Gasteiger partial charge in [0, 0.05) is 54.7 Å². The summed E-state index contributed by atoms with van der Waals surface area (Å²) >= 11 is 0. The number of rotatable bonds is 11. The molecule has 1 N–H and O–H groups in total. The number of carbonyl (C=O) groups is 1. The number of allylic oxidation sites excluding steroid dienone is 2. The molecule has 2 heterocycles. The third-order valence-electron chi connectivity index (χ3n) is 9.19. The van der Waals surface area contributed by atoms with Crippen LogP contribution in [-0.4, -0.2) is 20.9 Å². The molecule has 6 heteroatoms. The van der Waals surface area contributed by atoms with Crippen LogP contribution in [0.2, 0.25) is 0 Å². The Labute approximate surface area is 307 Å². The summed E-state index contributed by atoms with van der Waals surface area (Å²) in [6, 6.07) is 22.6. The molecule has 0 bridgehead atoms. The Morgan fingerprint density at radius 1 is 0.878 bits per heavy atom. The van der Waals surface area contributed by atoms with E-state index in [4.69, 9.17) is 4.42 Å². The molecule has 0 saturated heterocycles. The number of nitrogens with zero attached hydrogens (tertiary/aromatic N) is 2. The first-order chi connectivity index (χ1) is 22.9. The quantitative estimate of drug-likeness (QED) is 0.0815. The maximum atomic E-state index is 11.7. The fourth-order valence-corrected chi connectivity index (χ4v) is 6.33. The minimum Gasteiger partial charge on any atom is -0.512 e. The molecule has 0 amide bonds. The molecule has 1 radical (unpaired) electrons. The van der Waals surface area contributed by atoms with E-state index in [0.29, 0.717) is 5.92 Å². The number of aromatic nitrogens is 2. The fraction of sp³-hybridized carbons (Fsp3) is 0.419. The van der Waals surface area contributed by atoms with Gasteiger partial charge in [-0.25, -0.2) is 4.98 Å². The number of ketones is 1. The average molecular weight is 838 g/mol. The number of aliphatic hydroxyl groups is 1. The van der Waals surface area contributed by atoms with Gasteiger partial charge < -0.3 is 9.52 Å². The molecule has 0 saturated carbocycles. The number of benzene rings is 3. The third kappa shape index (κ3) is 9.77. The molecule has 0 aliphatic heterocycles. The van der Waals surface area contributed by atoms with Gasteiger partial charge in [0.2, 0.25) is 0 Å². The summed E-state index contributed by atoms with van der Waals surface area (Å²) in [5, 5.41) is 13.3. The minimum absolute atomic E-state index is 0. The van der Waals surface area contributed by atoms with Gasteiger partial charge in [-0.2, -0.15) is 0 Å². The van der Waals surface area contributed by atoms with Crippen molar-refractivity contribution in [2.75, 3.05) is 0 Å². The first-order valence-electron chi connectivity index (χ1n) is 17.6. The topological polar surface area (TPSA) is 76.2 Å². The zero-order valence-electron chi connectivity index (χ0n) is 30.7. The van der Waals surface area contributed by atoms with Gasteiger partial charge >= 0.3 is 0 Å². The van der Waals surface area contributed by atoms with Gasteiger partial charge in [-0.15, -0.1) is 29.1 Å². The van der Waals surface area contributed by atoms with Crippen LogP contribution in [-0.2, 0) is 36.7 Å². The van der Waals surface area contributed by atoms with Crippen molar-refractivity contribution in [1.82, 2.24) is 9.97 Å². The van der Waals surface area contributed by atoms with Crippen LogP contribution < -0.4 is 0 Å². The Kier molecular flexibility index (Phi) is 14.5. The first kappa shape index (κ1) is 39.8. The SMILES string of the molecule is CC(C)Cc1coc2c(-c3cc(-c4[c-]c5ccccc5c(C(C)(C)C)c4)ncn3)cccc12.CCC(CC)C(=O)/C=C(\O)C(CC)CC.[Ir]. The Morgan fingerprint density at radius 3 is 2.14 bits per heavy atom. The predicted molar refractivity (Wildman–Crippen MR) is 200 cm³/mol. The van der Waals surface area contributed by atoms with Crippen molar-refractivity contribution in [3.05, 3.63) is 96.2 Å². The summed E-state index contributed by atoms with van der Waals surface area (Å²) in [7, 11) is 0. The van der Waals surface area contributed by atoms with Crippen LogP contribution in [0.1, 0.15) is 99.1 Å². The number of hydrogen-bond donors (Lipinski definition) is 1. The largest absolute Gasteiger partial charge is 0.512 e. The molecule has 2 aromatic heterocycles. The normalized spacial score (nSPS) is 12.0. The Morgan fingerprint density at radius 2 is 1.51 bits per heavy atom. The van der Waals surface area contributed by atoms with Crippen molar-refractivity contribution in [2.45, 2.75) is 99.8 Å². The van der Waals surface area contributed by atoms with Crippen LogP contribution in [0.15, 0.2) is 83.4 Å². The zero-order valence-corrected chi connectivity index (χ0v) is 33.1. The van der Waals surface area contributed by atoms with E-state index in [1.165, 1.54) is 22.6 Å². The minimum atomic E-state index is 0. The third-order valence-corrected chi connectivity index (χ3v) is 9.19. The van der Waals surface area contributed by atoms with E-state index >= 15 is 0 Å².